The van der Waals surface area contributed by atoms with Crippen LogP contribution in [0.1, 0.15) is 15.4 Å². The number of aromatic nitrogens is 1. The van der Waals surface area contributed by atoms with E-state index in [0.29, 0.717) is 5.01 Å². The smallest absolute Gasteiger partial charge is 0.338 e. The molecule has 8 heteroatoms. The highest BCUT2D eigenvalue weighted by Crippen LogP contribution is 2.22. The van der Waals surface area contributed by atoms with Gasteiger partial charge < -0.3 is 4.74 Å². The fourth-order valence-corrected chi connectivity index (χ4v) is 3.69. The predicted octanol–water partition coefficient (Wildman–Crippen LogP) is 2.56. The molecule has 0 unspecified atom stereocenters. The molecule has 0 amide bonds. The molecule has 24 heavy (non-hydrogen) atoms. The number of esters is 1. The fourth-order valence-electron chi connectivity index (χ4n) is 2.08. The first-order chi connectivity index (χ1) is 11.5. The normalized spacial score (nSPS) is 11.5. The van der Waals surface area contributed by atoms with E-state index >= 15 is 0 Å². The van der Waals surface area contributed by atoms with Crippen LogP contribution < -0.4 is 4.72 Å². The number of ether oxygens (including phenoxy) is 1. The van der Waals surface area contributed by atoms with Crippen LogP contribution in [0.25, 0.3) is 10.2 Å². The third-order valence-electron chi connectivity index (χ3n) is 3.33. The first-order valence-electron chi connectivity index (χ1n) is 7.05. The quantitative estimate of drug-likeness (QED) is 0.705. The van der Waals surface area contributed by atoms with E-state index in [1.165, 1.54) is 42.6 Å². The van der Waals surface area contributed by atoms with Gasteiger partial charge in [0.25, 0.3) is 0 Å². The molecule has 6 nitrogen and oxygen atoms in total. The molecule has 0 fully saturated rings. The van der Waals surface area contributed by atoms with Crippen molar-refractivity contribution in [3.8, 4) is 0 Å². The monoisotopic (exact) mass is 362 g/mol. The molecule has 1 N–H and O–H groups in total. The first-order valence-corrected chi connectivity index (χ1v) is 9.35. The predicted molar refractivity (Wildman–Crippen MR) is 91.4 cm³/mol. The van der Waals surface area contributed by atoms with E-state index in [2.05, 4.69) is 9.71 Å². The number of thiazole rings is 1. The third kappa shape index (κ3) is 3.45. The standard InChI is InChI=1S/C16H14N2O4S2/c1-17-24(20,21)12-8-6-11(7-9-12)16(19)22-10-15-18-13-4-2-3-5-14(13)23-15/h2-9,17H,10H2,1H3. The number of benzene rings is 2. The molecule has 0 atom stereocenters. The summed E-state index contributed by atoms with van der Waals surface area (Å²) < 4.78 is 31.8. The Bertz CT molecular complexity index is 946. The van der Waals surface area contributed by atoms with E-state index < -0.39 is 16.0 Å². The number of para-hydroxylation sites is 1. The van der Waals surface area contributed by atoms with Crippen LogP contribution in [-0.4, -0.2) is 26.4 Å². The van der Waals surface area contributed by atoms with E-state index in [4.69, 9.17) is 4.74 Å². The first kappa shape index (κ1) is 16.6. The van der Waals surface area contributed by atoms with Gasteiger partial charge in [-0.25, -0.2) is 22.9 Å². The summed E-state index contributed by atoms with van der Waals surface area (Å²) in [7, 11) is -2.19. The average molecular weight is 362 g/mol. The maximum Gasteiger partial charge on any atom is 0.338 e. The second-order valence-electron chi connectivity index (χ2n) is 4.88. The highest BCUT2D eigenvalue weighted by molar-refractivity contribution is 7.89. The van der Waals surface area contributed by atoms with E-state index in [0.717, 1.165) is 10.2 Å². The van der Waals surface area contributed by atoms with Crippen LogP contribution in [0.4, 0.5) is 0 Å². The summed E-state index contributed by atoms with van der Waals surface area (Å²) in [4.78, 5) is 16.5. The number of carbonyl (C=O) groups excluding carboxylic acids is 1. The number of carbonyl (C=O) groups is 1. The molecule has 0 spiro atoms. The van der Waals surface area contributed by atoms with Crippen molar-refractivity contribution < 1.29 is 17.9 Å². The molecule has 3 aromatic rings. The van der Waals surface area contributed by atoms with Crippen LogP contribution in [0.3, 0.4) is 0 Å². The molecule has 0 aliphatic rings. The van der Waals surface area contributed by atoms with Gasteiger partial charge >= 0.3 is 5.97 Å². The number of sulfonamides is 1. The lowest BCUT2D eigenvalue weighted by atomic mass is 10.2. The number of nitrogens with zero attached hydrogens (tertiary/aromatic N) is 1. The summed E-state index contributed by atoms with van der Waals surface area (Å²) >= 11 is 1.47. The third-order valence-corrected chi connectivity index (χ3v) is 5.77. The zero-order valence-corrected chi connectivity index (χ0v) is 14.4. The van der Waals surface area contributed by atoms with Crippen molar-refractivity contribution in [1.82, 2.24) is 9.71 Å². The van der Waals surface area contributed by atoms with E-state index in [1.54, 1.807) is 0 Å². The molecule has 0 aliphatic heterocycles. The van der Waals surface area contributed by atoms with Crippen LogP contribution in [0, 0.1) is 0 Å². The van der Waals surface area contributed by atoms with Gasteiger partial charge in [-0.3, -0.25) is 0 Å². The van der Waals surface area contributed by atoms with Crippen molar-refractivity contribution in [2.24, 2.45) is 0 Å². The maximum atomic E-state index is 12.1. The lowest BCUT2D eigenvalue weighted by Gasteiger charge is -2.05. The van der Waals surface area contributed by atoms with E-state index in [1.807, 2.05) is 24.3 Å². The van der Waals surface area contributed by atoms with Gasteiger partial charge in [0, 0.05) is 0 Å². The Hall–Kier alpha value is -2.29. The van der Waals surface area contributed by atoms with Crippen molar-refractivity contribution in [2.45, 2.75) is 11.5 Å². The Kier molecular flexibility index (Phi) is 4.61. The van der Waals surface area contributed by atoms with Gasteiger partial charge in [-0.1, -0.05) is 12.1 Å². The van der Waals surface area contributed by atoms with Gasteiger partial charge in [-0.05, 0) is 43.4 Å². The number of nitrogens with one attached hydrogen (secondary N) is 1. The van der Waals surface area contributed by atoms with Gasteiger partial charge in [-0.2, -0.15) is 0 Å². The molecule has 1 aromatic heterocycles. The fraction of sp³-hybridized carbons (Fsp3) is 0.125. The van der Waals surface area contributed by atoms with Crippen molar-refractivity contribution in [3.63, 3.8) is 0 Å². The summed E-state index contributed by atoms with van der Waals surface area (Å²) in [6, 6.07) is 13.3. The zero-order valence-electron chi connectivity index (χ0n) is 12.7. The van der Waals surface area contributed by atoms with Crippen molar-refractivity contribution in [3.05, 3.63) is 59.1 Å². The molecule has 2 aromatic carbocycles. The Morgan fingerprint density at radius 3 is 2.54 bits per heavy atom. The second-order valence-corrected chi connectivity index (χ2v) is 7.89. The van der Waals surface area contributed by atoms with Gasteiger partial charge in [0.1, 0.15) is 11.6 Å². The Balaban J connectivity index is 1.68. The summed E-state index contributed by atoms with van der Waals surface area (Å²) in [5, 5.41) is 0.707. The molecule has 1 heterocycles. The number of hydrogen-bond acceptors (Lipinski definition) is 6. The number of rotatable bonds is 5. The highest BCUT2D eigenvalue weighted by atomic mass is 32.2. The van der Waals surface area contributed by atoms with Gasteiger partial charge in [0.2, 0.25) is 10.0 Å². The molecule has 0 radical (unpaired) electrons. The Labute approximate surface area is 143 Å². The molecule has 0 bridgehead atoms. The largest absolute Gasteiger partial charge is 0.455 e. The summed E-state index contributed by atoms with van der Waals surface area (Å²) in [6.07, 6.45) is 0. The van der Waals surface area contributed by atoms with Gasteiger partial charge in [0.15, 0.2) is 0 Å². The minimum Gasteiger partial charge on any atom is -0.455 e. The minimum absolute atomic E-state index is 0.0781. The summed E-state index contributed by atoms with van der Waals surface area (Å²) in [5.41, 5.74) is 1.15. The topological polar surface area (TPSA) is 85.4 Å². The lowest BCUT2D eigenvalue weighted by Crippen LogP contribution is -2.18. The van der Waals surface area contributed by atoms with Crippen molar-refractivity contribution >= 4 is 37.5 Å². The van der Waals surface area contributed by atoms with E-state index in [9.17, 15) is 13.2 Å². The molecular weight excluding hydrogens is 348 g/mol. The Morgan fingerprint density at radius 2 is 1.88 bits per heavy atom. The van der Waals surface area contributed by atoms with Gasteiger partial charge in [-0.15, -0.1) is 11.3 Å². The SMILES string of the molecule is CNS(=O)(=O)c1ccc(C(=O)OCc2nc3ccccc3s2)cc1. The minimum atomic E-state index is -3.52. The van der Waals surface area contributed by atoms with Crippen LogP contribution in [-0.2, 0) is 21.4 Å². The zero-order chi connectivity index (χ0) is 17.2. The molecule has 0 saturated heterocycles. The Morgan fingerprint density at radius 1 is 1.17 bits per heavy atom. The molecular formula is C16H14N2O4S2. The molecule has 124 valence electrons. The van der Waals surface area contributed by atoms with Gasteiger partial charge in [0.05, 0.1) is 20.7 Å². The maximum absolute atomic E-state index is 12.1. The van der Waals surface area contributed by atoms with Crippen LogP contribution in [0.15, 0.2) is 53.4 Å². The van der Waals surface area contributed by atoms with Crippen LogP contribution in [0.2, 0.25) is 0 Å². The number of hydrogen-bond donors (Lipinski definition) is 1. The average Bonchev–Trinajstić information content (AvgIpc) is 3.02. The number of fused-ring (bicyclic) bond motifs is 1. The van der Waals surface area contributed by atoms with Crippen LogP contribution in [0.5, 0.6) is 0 Å². The van der Waals surface area contributed by atoms with Crippen molar-refractivity contribution in [2.75, 3.05) is 7.05 Å². The van der Waals surface area contributed by atoms with Crippen LogP contribution >= 0.6 is 11.3 Å². The molecule has 0 aliphatic carbocycles. The lowest BCUT2D eigenvalue weighted by molar-refractivity contribution is 0.0472. The molecule has 0 saturated carbocycles. The summed E-state index contributed by atoms with van der Waals surface area (Å²) in [5.74, 6) is -0.525. The highest BCUT2D eigenvalue weighted by Gasteiger charge is 2.14. The second kappa shape index (κ2) is 6.68. The summed E-state index contributed by atoms with van der Waals surface area (Å²) in [6.45, 7) is 0.0781. The molecule has 3 rings (SSSR count). The van der Waals surface area contributed by atoms with Crippen molar-refractivity contribution in [1.29, 1.82) is 0 Å². The van der Waals surface area contributed by atoms with E-state index in [-0.39, 0.29) is 17.1 Å².